The van der Waals surface area contributed by atoms with Crippen LogP contribution >= 0.6 is 0 Å². The third kappa shape index (κ3) is 2.78. The normalized spacial score (nSPS) is 11.8. The molecule has 0 unspecified atom stereocenters. The number of hydrogen-bond acceptors (Lipinski definition) is 2. The molecule has 0 bridgehead atoms. The number of nitrogens with zero attached hydrogens (tertiary/aromatic N) is 3. The summed E-state index contributed by atoms with van der Waals surface area (Å²) in [6.07, 6.45) is 9.09. The number of carbonyl (C=O) groups is 1. The molecule has 122 valence electrons. The molecular formula is C21H17N3O. The van der Waals surface area contributed by atoms with Crippen LogP contribution in [0.1, 0.15) is 15.9 Å². The summed E-state index contributed by atoms with van der Waals surface area (Å²) < 4.78 is 3.83. The van der Waals surface area contributed by atoms with Crippen molar-refractivity contribution in [3.05, 3.63) is 90.6 Å². The van der Waals surface area contributed by atoms with Gasteiger partial charge in [-0.15, -0.1) is 0 Å². The number of para-hydroxylation sites is 1. The standard InChI is InChI=1S/C21H17N3O/c1-23-14-17(18-9-5-6-10-19(18)23)13-20(24-12-11-22-15-24)21(25)16-7-3-2-4-8-16/h2-15H,1H3/b20-13-. The number of fused-ring (bicyclic) bond motifs is 1. The smallest absolute Gasteiger partial charge is 0.209 e. The Morgan fingerprint density at radius 2 is 1.80 bits per heavy atom. The Kier molecular flexibility index (Phi) is 3.78. The van der Waals surface area contributed by atoms with Crippen LogP contribution in [0, 0.1) is 0 Å². The average Bonchev–Trinajstić information content (AvgIpc) is 3.29. The van der Waals surface area contributed by atoms with Crippen LogP contribution in [-0.4, -0.2) is 19.9 Å². The lowest BCUT2D eigenvalue weighted by molar-refractivity contribution is 0.105. The summed E-state index contributed by atoms with van der Waals surface area (Å²) in [6.45, 7) is 0. The van der Waals surface area contributed by atoms with Crippen molar-refractivity contribution in [2.45, 2.75) is 0 Å². The Bertz CT molecular complexity index is 1060. The summed E-state index contributed by atoms with van der Waals surface area (Å²) in [4.78, 5) is 17.2. The van der Waals surface area contributed by atoms with Crippen LogP contribution < -0.4 is 0 Å². The number of allylic oxidation sites excluding steroid dienone is 1. The van der Waals surface area contributed by atoms with E-state index in [2.05, 4.69) is 21.7 Å². The number of aromatic nitrogens is 3. The molecule has 4 nitrogen and oxygen atoms in total. The molecular weight excluding hydrogens is 310 g/mol. The Morgan fingerprint density at radius 3 is 2.56 bits per heavy atom. The number of hydrogen-bond donors (Lipinski definition) is 0. The number of rotatable bonds is 4. The van der Waals surface area contributed by atoms with Gasteiger partial charge < -0.3 is 9.13 Å². The van der Waals surface area contributed by atoms with Crippen molar-refractivity contribution in [2.75, 3.05) is 0 Å². The highest BCUT2D eigenvalue weighted by Crippen LogP contribution is 2.25. The largest absolute Gasteiger partial charge is 0.350 e. The van der Waals surface area contributed by atoms with E-state index in [9.17, 15) is 4.79 Å². The molecule has 2 aromatic carbocycles. The quantitative estimate of drug-likeness (QED) is 0.415. The summed E-state index contributed by atoms with van der Waals surface area (Å²) >= 11 is 0. The van der Waals surface area contributed by atoms with Crippen molar-refractivity contribution in [3.8, 4) is 0 Å². The molecule has 0 radical (unpaired) electrons. The predicted octanol–water partition coefficient (Wildman–Crippen LogP) is 4.26. The highest BCUT2D eigenvalue weighted by molar-refractivity contribution is 6.28. The molecule has 0 spiro atoms. The zero-order valence-corrected chi connectivity index (χ0v) is 13.8. The lowest BCUT2D eigenvalue weighted by Gasteiger charge is -2.08. The Balaban J connectivity index is 1.89. The molecule has 0 aliphatic rings. The summed E-state index contributed by atoms with van der Waals surface area (Å²) in [6, 6.07) is 17.5. The van der Waals surface area contributed by atoms with E-state index in [4.69, 9.17) is 0 Å². The van der Waals surface area contributed by atoms with Crippen molar-refractivity contribution >= 4 is 28.5 Å². The van der Waals surface area contributed by atoms with E-state index in [-0.39, 0.29) is 5.78 Å². The van der Waals surface area contributed by atoms with Crippen LogP contribution in [0.5, 0.6) is 0 Å². The van der Waals surface area contributed by atoms with E-state index < -0.39 is 0 Å². The third-order valence-corrected chi connectivity index (χ3v) is 4.27. The van der Waals surface area contributed by atoms with E-state index in [1.807, 2.05) is 61.8 Å². The van der Waals surface area contributed by atoms with Gasteiger partial charge in [0.1, 0.15) is 0 Å². The number of Topliss-reactive ketones (excluding diaryl/α,β-unsaturated/α-hetero) is 1. The maximum Gasteiger partial charge on any atom is 0.209 e. The molecule has 0 amide bonds. The number of imidazole rings is 1. The van der Waals surface area contributed by atoms with E-state index in [1.54, 1.807) is 23.3 Å². The number of carbonyl (C=O) groups excluding carboxylic acids is 1. The monoisotopic (exact) mass is 327 g/mol. The van der Waals surface area contributed by atoms with Gasteiger partial charge in [0.15, 0.2) is 0 Å². The minimum Gasteiger partial charge on any atom is -0.350 e. The first-order valence-corrected chi connectivity index (χ1v) is 8.08. The molecule has 0 saturated carbocycles. The first-order chi connectivity index (χ1) is 12.2. The summed E-state index contributed by atoms with van der Waals surface area (Å²) in [7, 11) is 2.01. The Morgan fingerprint density at radius 1 is 1.04 bits per heavy atom. The molecule has 4 aromatic rings. The van der Waals surface area contributed by atoms with Crippen LogP contribution in [0.4, 0.5) is 0 Å². The second kappa shape index (κ2) is 6.24. The van der Waals surface area contributed by atoms with Crippen LogP contribution in [0.3, 0.4) is 0 Å². The first-order valence-electron chi connectivity index (χ1n) is 8.08. The molecule has 0 saturated heterocycles. The molecule has 25 heavy (non-hydrogen) atoms. The van der Waals surface area contributed by atoms with Gasteiger partial charge in [0.25, 0.3) is 0 Å². The average molecular weight is 327 g/mol. The van der Waals surface area contributed by atoms with Crippen LogP contribution in [0.15, 0.2) is 79.5 Å². The second-order valence-corrected chi connectivity index (χ2v) is 5.91. The topological polar surface area (TPSA) is 39.8 Å². The van der Waals surface area contributed by atoms with E-state index >= 15 is 0 Å². The Labute approximate surface area is 145 Å². The van der Waals surface area contributed by atoms with E-state index in [0.29, 0.717) is 11.3 Å². The van der Waals surface area contributed by atoms with Crippen molar-refractivity contribution in [1.82, 2.24) is 14.1 Å². The van der Waals surface area contributed by atoms with E-state index in [0.717, 1.165) is 16.5 Å². The van der Waals surface area contributed by atoms with Crippen LogP contribution in [0.2, 0.25) is 0 Å². The lowest BCUT2D eigenvalue weighted by atomic mass is 10.1. The first kappa shape index (κ1) is 15.1. The molecule has 4 rings (SSSR count). The maximum absolute atomic E-state index is 13.1. The van der Waals surface area contributed by atoms with Crippen LogP contribution in [-0.2, 0) is 7.05 Å². The maximum atomic E-state index is 13.1. The second-order valence-electron chi connectivity index (χ2n) is 5.91. The van der Waals surface area contributed by atoms with Gasteiger partial charge in [-0.05, 0) is 12.1 Å². The SMILES string of the molecule is Cn1cc(/C=C(/C(=O)c2ccccc2)n2ccnc2)c2ccccc21. The number of benzene rings is 2. The number of aryl methyl sites for hydroxylation is 1. The molecule has 2 aromatic heterocycles. The molecule has 0 N–H and O–H groups in total. The molecule has 4 heteroatoms. The zero-order valence-electron chi connectivity index (χ0n) is 13.8. The van der Waals surface area contributed by atoms with E-state index in [1.165, 1.54) is 0 Å². The van der Waals surface area contributed by atoms with Crippen molar-refractivity contribution < 1.29 is 4.79 Å². The van der Waals surface area contributed by atoms with Crippen molar-refractivity contribution in [1.29, 1.82) is 0 Å². The van der Waals surface area contributed by atoms with Gasteiger partial charge in [-0.2, -0.15) is 0 Å². The van der Waals surface area contributed by atoms with Gasteiger partial charge in [-0.25, -0.2) is 4.98 Å². The fraction of sp³-hybridized carbons (Fsp3) is 0.0476. The van der Waals surface area contributed by atoms with Gasteiger partial charge in [-0.1, -0.05) is 48.5 Å². The Hall–Kier alpha value is -3.40. The molecule has 0 aliphatic carbocycles. The van der Waals surface area contributed by atoms with Gasteiger partial charge >= 0.3 is 0 Å². The molecule has 2 heterocycles. The zero-order chi connectivity index (χ0) is 17.2. The molecule has 0 atom stereocenters. The third-order valence-electron chi connectivity index (χ3n) is 4.27. The lowest BCUT2D eigenvalue weighted by Crippen LogP contribution is -2.08. The highest BCUT2D eigenvalue weighted by atomic mass is 16.1. The van der Waals surface area contributed by atoms with Gasteiger partial charge in [0.2, 0.25) is 5.78 Å². The highest BCUT2D eigenvalue weighted by Gasteiger charge is 2.15. The van der Waals surface area contributed by atoms with Gasteiger partial charge in [0, 0.05) is 47.7 Å². The van der Waals surface area contributed by atoms with Crippen molar-refractivity contribution in [2.24, 2.45) is 7.05 Å². The summed E-state index contributed by atoms with van der Waals surface area (Å²) in [5.41, 5.74) is 3.36. The van der Waals surface area contributed by atoms with Crippen LogP contribution in [0.25, 0.3) is 22.7 Å². The fourth-order valence-corrected chi connectivity index (χ4v) is 3.03. The summed E-state index contributed by atoms with van der Waals surface area (Å²) in [5, 5.41) is 1.11. The molecule has 0 fully saturated rings. The summed E-state index contributed by atoms with van der Waals surface area (Å²) in [5.74, 6) is -0.0356. The van der Waals surface area contributed by atoms with Crippen molar-refractivity contribution in [3.63, 3.8) is 0 Å². The van der Waals surface area contributed by atoms with Gasteiger partial charge in [0.05, 0.1) is 12.0 Å². The minimum atomic E-state index is -0.0356. The fourth-order valence-electron chi connectivity index (χ4n) is 3.03. The minimum absolute atomic E-state index is 0.0356. The number of ketones is 1. The molecule has 0 aliphatic heterocycles. The predicted molar refractivity (Wildman–Crippen MR) is 100 cm³/mol. The van der Waals surface area contributed by atoms with Gasteiger partial charge in [-0.3, -0.25) is 4.79 Å².